The van der Waals surface area contributed by atoms with Gasteiger partial charge in [-0.25, -0.2) is 13.1 Å². The van der Waals surface area contributed by atoms with Crippen LogP contribution in [0.4, 0.5) is 5.69 Å². The van der Waals surface area contributed by atoms with Crippen LogP contribution in [-0.4, -0.2) is 14.5 Å². The molecule has 102 valence electrons. The number of nitrogens with zero attached hydrogens (tertiary/aromatic N) is 2. The predicted molar refractivity (Wildman–Crippen MR) is 72.7 cm³/mol. The lowest BCUT2D eigenvalue weighted by atomic mass is 10.3. The van der Waals surface area contributed by atoms with Crippen molar-refractivity contribution in [2.75, 3.05) is 5.32 Å². The van der Waals surface area contributed by atoms with Crippen LogP contribution < -0.4 is 10.0 Å². The third kappa shape index (κ3) is 3.35. The molecule has 7 heteroatoms. The topological polar surface area (TPSA) is 106 Å². The molecule has 0 amide bonds. The van der Waals surface area contributed by atoms with E-state index in [4.69, 9.17) is 10.5 Å². The molecule has 0 aliphatic heterocycles. The molecule has 0 spiro atoms. The average molecular weight is 288 g/mol. The van der Waals surface area contributed by atoms with Crippen LogP contribution >= 0.6 is 0 Å². The van der Waals surface area contributed by atoms with Crippen molar-refractivity contribution < 1.29 is 8.42 Å². The maximum absolute atomic E-state index is 12.2. The third-order valence-corrected chi connectivity index (χ3v) is 4.27. The number of rotatable bonds is 5. The van der Waals surface area contributed by atoms with Crippen molar-refractivity contribution in [3.63, 3.8) is 0 Å². The van der Waals surface area contributed by atoms with E-state index < -0.39 is 10.0 Å². The predicted octanol–water partition coefficient (Wildman–Crippen LogP) is 1.47. The van der Waals surface area contributed by atoms with Gasteiger partial charge in [0.1, 0.15) is 22.6 Å². The highest BCUT2D eigenvalue weighted by molar-refractivity contribution is 7.89. The van der Waals surface area contributed by atoms with Gasteiger partial charge in [-0.3, -0.25) is 0 Å². The van der Waals surface area contributed by atoms with Gasteiger partial charge in [-0.15, -0.1) is 0 Å². The lowest BCUT2D eigenvalue weighted by Crippen LogP contribution is -2.26. The normalized spacial score (nSPS) is 13.9. The summed E-state index contributed by atoms with van der Waals surface area (Å²) < 4.78 is 27.0. The molecule has 1 saturated carbocycles. The maximum atomic E-state index is 12.2. The standard InChI is InChI=1S/C13H12N4O2S/c14-7-10(8-15)9-16-12-3-1-2-4-13(12)20(18,19)17-11-5-6-11/h1-4,9,11,16-17H,5-6H2. The molecule has 1 fully saturated rings. The first-order valence-electron chi connectivity index (χ1n) is 5.95. The smallest absolute Gasteiger partial charge is 0.242 e. The third-order valence-electron chi connectivity index (χ3n) is 2.69. The summed E-state index contributed by atoms with van der Waals surface area (Å²) in [5.74, 6) is 0. The van der Waals surface area contributed by atoms with Crippen molar-refractivity contribution in [1.82, 2.24) is 4.72 Å². The van der Waals surface area contributed by atoms with E-state index in [-0.39, 0.29) is 16.5 Å². The summed E-state index contributed by atoms with van der Waals surface area (Å²) in [6.07, 6.45) is 2.88. The molecule has 0 heterocycles. The van der Waals surface area contributed by atoms with Gasteiger partial charge < -0.3 is 5.32 Å². The molecular weight excluding hydrogens is 276 g/mol. The number of hydrogen-bond acceptors (Lipinski definition) is 5. The van der Waals surface area contributed by atoms with Gasteiger partial charge in [0, 0.05) is 12.2 Å². The van der Waals surface area contributed by atoms with Crippen LogP contribution in [0.3, 0.4) is 0 Å². The van der Waals surface area contributed by atoms with E-state index in [1.165, 1.54) is 12.3 Å². The largest absolute Gasteiger partial charge is 0.359 e. The number of sulfonamides is 1. The Kier molecular flexibility index (Phi) is 4.04. The number of anilines is 1. The van der Waals surface area contributed by atoms with Gasteiger partial charge in [-0.1, -0.05) is 12.1 Å². The minimum atomic E-state index is -3.60. The van der Waals surface area contributed by atoms with E-state index in [1.54, 1.807) is 30.3 Å². The Balaban J connectivity index is 2.29. The first-order chi connectivity index (χ1) is 9.56. The Morgan fingerprint density at radius 2 is 1.90 bits per heavy atom. The first kappa shape index (κ1) is 14.1. The van der Waals surface area contributed by atoms with Crippen LogP contribution in [0.15, 0.2) is 40.9 Å². The molecule has 0 saturated heterocycles. The van der Waals surface area contributed by atoms with Crippen LogP contribution in [0, 0.1) is 22.7 Å². The Hall–Kier alpha value is -2.35. The van der Waals surface area contributed by atoms with Gasteiger partial charge >= 0.3 is 0 Å². The summed E-state index contributed by atoms with van der Waals surface area (Å²) in [6, 6.07) is 9.73. The minimum absolute atomic E-state index is 0.0115. The molecule has 0 unspecified atom stereocenters. The molecule has 20 heavy (non-hydrogen) atoms. The van der Waals surface area contributed by atoms with Crippen LogP contribution in [-0.2, 0) is 10.0 Å². The van der Waals surface area contributed by atoms with E-state index in [9.17, 15) is 8.42 Å². The highest BCUT2D eigenvalue weighted by Gasteiger charge is 2.29. The first-order valence-corrected chi connectivity index (χ1v) is 7.43. The second-order valence-corrected chi connectivity index (χ2v) is 6.00. The molecule has 1 aliphatic carbocycles. The number of para-hydroxylation sites is 1. The Morgan fingerprint density at radius 1 is 1.25 bits per heavy atom. The molecule has 0 aromatic heterocycles. The molecule has 0 bridgehead atoms. The summed E-state index contributed by atoms with van der Waals surface area (Å²) in [4.78, 5) is 0.0957. The molecule has 1 aliphatic rings. The van der Waals surface area contributed by atoms with Crippen LogP contribution in [0.2, 0.25) is 0 Å². The Labute approximate surface area is 117 Å². The van der Waals surface area contributed by atoms with E-state index >= 15 is 0 Å². The molecule has 0 atom stereocenters. The molecule has 2 N–H and O–H groups in total. The molecule has 6 nitrogen and oxygen atoms in total. The Morgan fingerprint density at radius 3 is 2.50 bits per heavy atom. The summed E-state index contributed by atoms with van der Waals surface area (Å²) in [5, 5.41) is 20.0. The van der Waals surface area contributed by atoms with Crippen molar-refractivity contribution in [2.45, 2.75) is 23.8 Å². The fourth-order valence-corrected chi connectivity index (χ4v) is 3.02. The fraction of sp³-hybridized carbons (Fsp3) is 0.231. The summed E-state index contributed by atoms with van der Waals surface area (Å²) in [6.45, 7) is 0. The minimum Gasteiger partial charge on any atom is -0.359 e. The molecular formula is C13H12N4O2S. The van der Waals surface area contributed by atoms with Crippen molar-refractivity contribution in [3.05, 3.63) is 36.0 Å². The summed E-state index contributed by atoms with van der Waals surface area (Å²) in [5.41, 5.74) is 0.191. The zero-order valence-electron chi connectivity index (χ0n) is 10.5. The van der Waals surface area contributed by atoms with Crippen molar-refractivity contribution in [3.8, 4) is 12.1 Å². The van der Waals surface area contributed by atoms with Crippen LogP contribution in [0.25, 0.3) is 0 Å². The lowest BCUT2D eigenvalue weighted by molar-refractivity contribution is 0.581. The molecule has 0 radical (unpaired) electrons. The van der Waals surface area contributed by atoms with E-state index in [0.717, 1.165) is 12.8 Å². The number of nitriles is 2. The zero-order valence-corrected chi connectivity index (χ0v) is 11.3. The fourth-order valence-electron chi connectivity index (χ4n) is 1.54. The number of hydrogen-bond donors (Lipinski definition) is 2. The number of benzene rings is 1. The number of nitrogens with one attached hydrogen (secondary N) is 2. The van der Waals surface area contributed by atoms with E-state index in [1.807, 2.05) is 0 Å². The monoisotopic (exact) mass is 288 g/mol. The van der Waals surface area contributed by atoms with Crippen molar-refractivity contribution in [2.24, 2.45) is 0 Å². The zero-order chi connectivity index (χ0) is 14.6. The van der Waals surface area contributed by atoms with Gasteiger partial charge in [0.2, 0.25) is 10.0 Å². The highest BCUT2D eigenvalue weighted by atomic mass is 32.2. The van der Waals surface area contributed by atoms with Gasteiger partial charge in [0.05, 0.1) is 5.69 Å². The van der Waals surface area contributed by atoms with Gasteiger partial charge in [0.25, 0.3) is 0 Å². The van der Waals surface area contributed by atoms with E-state index in [0.29, 0.717) is 5.69 Å². The maximum Gasteiger partial charge on any atom is 0.242 e. The van der Waals surface area contributed by atoms with Gasteiger partial charge in [-0.05, 0) is 25.0 Å². The van der Waals surface area contributed by atoms with Crippen molar-refractivity contribution in [1.29, 1.82) is 10.5 Å². The van der Waals surface area contributed by atoms with Gasteiger partial charge in [0.15, 0.2) is 0 Å². The second kappa shape index (κ2) is 5.74. The quantitative estimate of drug-likeness (QED) is 0.798. The molecule has 2 rings (SSSR count). The highest BCUT2D eigenvalue weighted by Crippen LogP contribution is 2.25. The lowest BCUT2D eigenvalue weighted by Gasteiger charge is -2.10. The van der Waals surface area contributed by atoms with Gasteiger partial charge in [-0.2, -0.15) is 10.5 Å². The Bertz CT molecular complexity index is 705. The molecule has 1 aromatic carbocycles. The van der Waals surface area contributed by atoms with Crippen LogP contribution in [0.1, 0.15) is 12.8 Å². The number of allylic oxidation sites excluding steroid dienone is 1. The SMILES string of the molecule is N#CC(C#N)=CNc1ccccc1S(=O)(=O)NC1CC1. The molecule has 1 aromatic rings. The second-order valence-electron chi connectivity index (χ2n) is 4.32. The average Bonchev–Trinajstić information content (AvgIpc) is 3.23. The van der Waals surface area contributed by atoms with Crippen LogP contribution in [0.5, 0.6) is 0 Å². The summed E-state index contributed by atoms with van der Waals surface area (Å²) in [7, 11) is -3.60. The van der Waals surface area contributed by atoms with E-state index in [2.05, 4.69) is 10.0 Å². The summed E-state index contributed by atoms with van der Waals surface area (Å²) >= 11 is 0. The van der Waals surface area contributed by atoms with Crippen molar-refractivity contribution >= 4 is 15.7 Å².